The van der Waals surface area contributed by atoms with E-state index in [9.17, 15) is 13.6 Å². The summed E-state index contributed by atoms with van der Waals surface area (Å²) in [7, 11) is 0. The van der Waals surface area contributed by atoms with Gasteiger partial charge in [0.2, 0.25) is 0 Å². The molecule has 0 N–H and O–H groups in total. The van der Waals surface area contributed by atoms with Crippen LogP contribution in [0.5, 0.6) is 0 Å². The van der Waals surface area contributed by atoms with Crippen LogP contribution in [0, 0.1) is 17.6 Å². The van der Waals surface area contributed by atoms with Crippen molar-refractivity contribution in [2.75, 3.05) is 6.61 Å². The summed E-state index contributed by atoms with van der Waals surface area (Å²) in [5, 5.41) is 0. The van der Waals surface area contributed by atoms with Gasteiger partial charge in [-0.3, -0.25) is 0 Å². The smallest absolute Gasteiger partial charge is 0.344 e. The molecule has 140 valence electrons. The molecule has 0 spiro atoms. The summed E-state index contributed by atoms with van der Waals surface area (Å²) in [4.78, 5) is 11.8. The first-order valence-electron chi connectivity index (χ1n) is 9.72. The number of hydrogen-bond acceptors (Lipinski definition) is 2. The number of ether oxygens (including phenoxy) is 1. The van der Waals surface area contributed by atoms with E-state index in [0.717, 1.165) is 31.6 Å². The second-order valence-corrected chi connectivity index (χ2v) is 7.21. The van der Waals surface area contributed by atoms with Crippen molar-refractivity contribution in [3.63, 3.8) is 0 Å². The van der Waals surface area contributed by atoms with Gasteiger partial charge in [0.05, 0.1) is 6.61 Å². The molecule has 0 aliphatic heterocycles. The van der Waals surface area contributed by atoms with Gasteiger partial charge in [-0.25, -0.2) is 13.6 Å². The van der Waals surface area contributed by atoms with Gasteiger partial charge in [-0.15, -0.1) is 0 Å². The molecule has 4 heteroatoms. The molecule has 0 bridgehead atoms. The first-order valence-corrected chi connectivity index (χ1v) is 9.72. The Morgan fingerprint density at radius 1 is 1.04 bits per heavy atom. The maximum atomic E-state index is 14.3. The highest BCUT2D eigenvalue weighted by molar-refractivity contribution is 5.90. The van der Waals surface area contributed by atoms with Gasteiger partial charge >= 0.3 is 5.97 Å². The monoisotopic (exact) mass is 352 g/mol. The first-order chi connectivity index (χ1) is 12.1. The fraction of sp³-hybridized carbons (Fsp3) is 0.667. The number of halogens is 2. The lowest BCUT2D eigenvalue weighted by molar-refractivity contribution is 0.0494. The first kappa shape index (κ1) is 19.9. The van der Waals surface area contributed by atoms with Crippen LogP contribution in [0.15, 0.2) is 12.1 Å². The number of carbonyl (C=O) groups is 1. The Labute approximate surface area is 150 Å². The van der Waals surface area contributed by atoms with Crippen molar-refractivity contribution in [3.05, 3.63) is 34.9 Å². The Hall–Kier alpha value is -1.45. The molecule has 1 saturated carbocycles. The van der Waals surface area contributed by atoms with Gasteiger partial charge in [0.15, 0.2) is 0 Å². The normalized spacial score (nSPS) is 20.5. The largest absolute Gasteiger partial charge is 0.462 e. The van der Waals surface area contributed by atoms with Crippen LogP contribution in [0.1, 0.15) is 93.5 Å². The molecule has 2 rings (SSSR count). The average molecular weight is 352 g/mol. The molecular formula is C21H30F2O2. The van der Waals surface area contributed by atoms with Crippen molar-refractivity contribution >= 4 is 5.97 Å². The predicted molar refractivity (Wildman–Crippen MR) is 95.8 cm³/mol. The molecule has 2 nitrogen and oxygen atoms in total. The van der Waals surface area contributed by atoms with Gasteiger partial charge in [0.1, 0.15) is 17.2 Å². The van der Waals surface area contributed by atoms with E-state index in [0.29, 0.717) is 12.0 Å². The van der Waals surface area contributed by atoms with E-state index in [1.54, 1.807) is 0 Å². The van der Waals surface area contributed by atoms with Gasteiger partial charge in [-0.05, 0) is 61.6 Å². The molecule has 1 aromatic rings. The molecule has 0 aromatic heterocycles. The summed E-state index contributed by atoms with van der Waals surface area (Å²) < 4.78 is 33.4. The summed E-state index contributed by atoms with van der Waals surface area (Å²) in [6.45, 7) is 4.21. The maximum Gasteiger partial charge on any atom is 0.344 e. The quantitative estimate of drug-likeness (QED) is 0.400. The minimum absolute atomic E-state index is 0.168. The molecule has 1 aliphatic carbocycles. The second-order valence-electron chi connectivity index (χ2n) is 7.21. The van der Waals surface area contributed by atoms with Gasteiger partial charge in [0.25, 0.3) is 0 Å². The van der Waals surface area contributed by atoms with Crippen LogP contribution in [0.4, 0.5) is 8.78 Å². The minimum Gasteiger partial charge on any atom is -0.462 e. The molecule has 0 amide bonds. The van der Waals surface area contributed by atoms with Gasteiger partial charge < -0.3 is 4.74 Å². The van der Waals surface area contributed by atoms with Crippen LogP contribution in [-0.4, -0.2) is 12.6 Å². The zero-order valence-electron chi connectivity index (χ0n) is 15.5. The SMILES string of the molecule is CCCCCC1CCC(c2cc(F)c(C(=O)OCCC)c(F)c2)CC1. The van der Waals surface area contributed by atoms with Gasteiger partial charge in [0, 0.05) is 0 Å². The number of esters is 1. The number of hydrogen-bond donors (Lipinski definition) is 0. The Bertz CT molecular complexity index is 540. The number of benzene rings is 1. The van der Waals surface area contributed by atoms with E-state index in [-0.39, 0.29) is 12.5 Å². The highest BCUT2D eigenvalue weighted by Gasteiger charge is 2.26. The lowest BCUT2D eigenvalue weighted by atomic mass is 9.77. The molecule has 25 heavy (non-hydrogen) atoms. The van der Waals surface area contributed by atoms with Crippen LogP contribution in [-0.2, 0) is 4.74 Å². The van der Waals surface area contributed by atoms with Gasteiger partial charge in [-0.2, -0.15) is 0 Å². The third kappa shape index (κ3) is 5.52. The van der Waals surface area contributed by atoms with Crippen molar-refractivity contribution < 1.29 is 18.3 Å². The van der Waals surface area contributed by atoms with Crippen molar-refractivity contribution in [3.8, 4) is 0 Å². The average Bonchev–Trinajstić information content (AvgIpc) is 2.60. The highest BCUT2D eigenvalue weighted by Crippen LogP contribution is 2.38. The number of carbonyl (C=O) groups excluding carboxylic acids is 1. The summed E-state index contributed by atoms with van der Waals surface area (Å²) >= 11 is 0. The fourth-order valence-corrected chi connectivity index (χ4v) is 3.76. The van der Waals surface area contributed by atoms with Crippen LogP contribution in [0.2, 0.25) is 0 Å². The van der Waals surface area contributed by atoms with E-state index >= 15 is 0 Å². The molecule has 0 radical (unpaired) electrons. The predicted octanol–water partition coefficient (Wildman–Crippen LogP) is 6.39. The Morgan fingerprint density at radius 2 is 1.68 bits per heavy atom. The zero-order valence-corrected chi connectivity index (χ0v) is 15.5. The van der Waals surface area contributed by atoms with Crippen molar-refractivity contribution in [1.82, 2.24) is 0 Å². The van der Waals surface area contributed by atoms with Crippen molar-refractivity contribution in [2.24, 2.45) is 5.92 Å². The van der Waals surface area contributed by atoms with Gasteiger partial charge in [-0.1, -0.05) is 39.5 Å². The van der Waals surface area contributed by atoms with E-state index in [2.05, 4.69) is 6.92 Å². The van der Waals surface area contributed by atoms with E-state index in [1.165, 1.54) is 37.8 Å². The molecule has 0 heterocycles. The van der Waals surface area contributed by atoms with E-state index in [4.69, 9.17) is 4.74 Å². The Balaban J connectivity index is 1.98. The minimum atomic E-state index is -0.914. The Morgan fingerprint density at radius 3 is 2.24 bits per heavy atom. The highest BCUT2D eigenvalue weighted by atomic mass is 19.1. The maximum absolute atomic E-state index is 14.3. The molecule has 1 aromatic carbocycles. The van der Waals surface area contributed by atoms with Crippen molar-refractivity contribution in [1.29, 1.82) is 0 Å². The third-order valence-electron chi connectivity index (χ3n) is 5.24. The van der Waals surface area contributed by atoms with Crippen LogP contribution in [0.3, 0.4) is 0 Å². The van der Waals surface area contributed by atoms with Crippen LogP contribution < -0.4 is 0 Å². The van der Waals surface area contributed by atoms with E-state index in [1.807, 2.05) is 6.92 Å². The molecular weight excluding hydrogens is 322 g/mol. The topological polar surface area (TPSA) is 26.3 Å². The van der Waals surface area contributed by atoms with Crippen molar-refractivity contribution in [2.45, 2.75) is 77.6 Å². The zero-order chi connectivity index (χ0) is 18.2. The standard InChI is InChI=1S/C21H30F2O2/c1-3-5-6-7-15-8-10-16(11-9-15)17-13-18(22)20(19(23)14-17)21(24)25-12-4-2/h13-16H,3-12H2,1-2H3. The molecule has 1 aliphatic rings. The summed E-state index contributed by atoms with van der Waals surface area (Å²) in [5.74, 6) is -1.58. The number of rotatable bonds is 8. The molecule has 0 saturated heterocycles. The fourth-order valence-electron chi connectivity index (χ4n) is 3.76. The summed E-state index contributed by atoms with van der Waals surface area (Å²) in [6, 6.07) is 2.65. The molecule has 1 fully saturated rings. The number of unbranched alkanes of at least 4 members (excludes halogenated alkanes) is 2. The second kappa shape index (κ2) is 9.88. The Kier molecular flexibility index (Phi) is 7.86. The van der Waals surface area contributed by atoms with Crippen LogP contribution in [0.25, 0.3) is 0 Å². The lowest BCUT2D eigenvalue weighted by Gasteiger charge is -2.29. The summed E-state index contributed by atoms with van der Waals surface area (Å²) in [6.07, 6.45) is 9.87. The molecule has 0 atom stereocenters. The third-order valence-corrected chi connectivity index (χ3v) is 5.24. The molecule has 0 unspecified atom stereocenters. The van der Waals surface area contributed by atoms with E-state index < -0.39 is 23.2 Å². The lowest BCUT2D eigenvalue weighted by Crippen LogP contribution is -2.16. The van der Waals surface area contributed by atoms with Crippen LogP contribution >= 0.6 is 0 Å². The summed E-state index contributed by atoms with van der Waals surface area (Å²) in [5.41, 5.74) is 0.111.